The number of halogens is 2. The van der Waals surface area contributed by atoms with E-state index in [1.165, 1.54) is 19.5 Å². The molecule has 0 fully saturated rings. The van der Waals surface area contributed by atoms with E-state index in [1.54, 1.807) is 24.3 Å². The van der Waals surface area contributed by atoms with Crippen LogP contribution >= 0.6 is 11.6 Å². The summed E-state index contributed by atoms with van der Waals surface area (Å²) in [6.45, 7) is 0.456. The lowest BCUT2D eigenvalue weighted by molar-refractivity contribution is 0.419. The number of fused-ring (bicyclic) bond motifs is 1. The number of rotatable bonds is 5. The van der Waals surface area contributed by atoms with Crippen LogP contribution in [0.15, 0.2) is 36.7 Å². The molecule has 0 spiro atoms. The van der Waals surface area contributed by atoms with Crippen LogP contribution in [-0.2, 0) is 6.42 Å². The van der Waals surface area contributed by atoms with E-state index in [1.807, 2.05) is 0 Å². The SMILES string of the molecule is COc1ccc(F)c2c(CCNc3cc(Cl)ncn3)c(C#N)ccc12. The van der Waals surface area contributed by atoms with Crippen LogP contribution in [0.2, 0.25) is 5.15 Å². The molecule has 2 aromatic carbocycles. The molecule has 0 aliphatic heterocycles. The minimum absolute atomic E-state index is 0.330. The predicted octanol–water partition coefficient (Wildman–Crippen LogP) is 3.96. The van der Waals surface area contributed by atoms with Crippen molar-refractivity contribution >= 4 is 28.2 Å². The Morgan fingerprint density at radius 1 is 1.28 bits per heavy atom. The van der Waals surface area contributed by atoms with Gasteiger partial charge in [-0.2, -0.15) is 5.26 Å². The summed E-state index contributed by atoms with van der Waals surface area (Å²) in [5, 5.41) is 13.9. The van der Waals surface area contributed by atoms with Crippen LogP contribution in [0.1, 0.15) is 11.1 Å². The average Bonchev–Trinajstić information content (AvgIpc) is 2.62. The van der Waals surface area contributed by atoms with Gasteiger partial charge in [0.1, 0.15) is 28.9 Å². The number of hydrogen-bond donors (Lipinski definition) is 1. The maximum atomic E-state index is 14.5. The second-order valence-electron chi connectivity index (χ2n) is 5.28. The number of methoxy groups -OCH3 is 1. The molecular weight excluding hydrogens is 343 g/mol. The Morgan fingerprint density at radius 2 is 2.12 bits per heavy atom. The van der Waals surface area contributed by atoms with Gasteiger partial charge in [0.2, 0.25) is 0 Å². The minimum atomic E-state index is -0.381. The Hall–Kier alpha value is -2.91. The van der Waals surface area contributed by atoms with Crippen LogP contribution in [0.3, 0.4) is 0 Å². The first-order chi connectivity index (χ1) is 12.1. The third kappa shape index (κ3) is 3.47. The standard InChI is InChI=1S/C18H14ClFN4O/c1-25-15-5-4-14(20)18-12(11(9-21)2-3-13(15)18)6-7-22-17-8-16(19)23-10-24-17/h2-5,8,10H,6-7H2,1H3,(H,22,23,24). The van der Waals surface area contributed by atoms with Crippen LogP contribution in [0, 0.1) is 17.1 Å². The third-order valence-electron chi connectivity index (χ3n) is 3.85. The van der Waals surface area contributed by atoms with Gasteiger partial charge < -0.3 is 10.1 Å². The van der Waals surface area contributed by atoms with E-state index in [9.17, 15) is 9.65 Å². The molecule has 0 amide bonds. The van der Waals surface area contributed by atoms with Gasteiger partial charge in [0.05, 0.1) is 18.7 Å². The van der Waals surface area contributed by atoms with Crippen molar-refractivity contribution in [3.63, 3.8) is 0 Å². The lowest BCUT2D eigenvalue weighted by Gasteiger charge is -2.13. The second kappa shape index (κ2) is 7.32. The first kappa shape index (κ1) is 16.9. The molecule has 0 saturated carbocycles. The molecule has 5 nitrogen and oxygen atoms in total. The molecule has 25 heavy (non-hydrogen) atoms. The van der Waals surface area contributed by atoms with Crippen LogP contribution < -0.4 is 10.1 Å². The fourth-order valence-electron chi connectivity index (χ4n) is 2.74. The van der Waals surface area contributed by atoms with Crippen molar-refractivity contribution in [2.75, 3.05) is 19.0 Å². The molecule has 1 heterocycles. The van der Waals surface area contributed by atoms with Crippen molar-refractivity contribution in [2.24, 2.45) is 0 Å². The summed E-state index contributed by atoms with van der Waals surface area (Å²) in [5.41, 5.74) is 1.06. The number of anilines is 1. The van der Waals surface area contributed by atoms with Gasteiger partial charge in [0.25, 0.3) is 0 Å². The van der Waals surface area contributed by atoms with Gasteiger partial charge in [-0.15, -0.1) is 0 Å². The van der Waals surface area contributed by atoms with Gasteiger partial charge in [-0.1, -0.05) is 11.6 Å². The Bertz CT molecular complexity index is 971. The maximum Gasteiger partial charge on any atom is 0.134 e. The van der Waals surface area contributed by atoms with Crippen LogP contribution in [0.4, 0.5) is 10.2 Å². The van der Waals surface area contributed by atoms with E-state index in [2.05, 4.69) is 21.4 Å². The summed E-state index contributed by atoms with van der Waals surface area (Å²) in [7, 11) is 1.53. The first-order valence-corrected chi connectivity index (χ1v) is 7.91. The number of hydrogen-bond acceptors (Lipinski definition) is 5. The molecule has 1 N–H and O–H groups in total. The summed E-state index contributed by atoms with van der Waals surface area (Å²) in [4.78, 5) is 7.87. The average molecular weight is 357 g/mol. The monoisotopic (exact) mass is 356 g/mol. The van der Waals surface area contributed by atoms with Gasteiger partial charge >= 0.3 is 0 Å². The van der Waals surface area contributed by atoms with E-state index in [4.69, 9.17) is 16.3 Å². The molecule has 1 aromatic heterocycles. The number of benzene rings is 2. The summed E-state index contributed by atoms with van der Waals surface area (Å²) < 4.78 is 19.8. The quantitative estimate of drug-likeness (QED) is 0.701. The normalized spacial score (nSPS) is 10.5. The van der Waals surface area contributed by atoms with Crippen molar-refractivity contribution in [1.29, 1.82) is 5.26 Å². The summed E-state index contributed by atoms with van der Waals surface area (Å²) in [6, 6.07) is 10.0. The topological polar surface area (TPSA) is 70.8 Å². The smallest absolute Gasteiger partial charge is 0.134 e. The molecule has 0 aliphatic rings. The Kier molecular flexibility index (Phi) is 4.96. The van der Waals surface area contributed by atoms with Crippen molar-refractivity contribution in [3.05, 3.63) is 58.8 Å². The van der Waals surface area contributed by atoms with E-state index >= 15 is 0 Å². The van der Waals surface area contributed by atoms with Gasteiger partial charge in [-0.05, 0) is 36.2 Å². The largest absolute Gasteiger partial charge is 0.496 e. The first-order valence-electron chi connectivity index (χ1n) is 7.53. The molecule has 3 rings (SSSR count). The molecule has 3 aromatic rings. The van der Waals surface area contributed by atoms with Crippen LogP contribution in [-0.4, -0.2) is 23.6 Å². The Morgan fingerprint density at radius 3 is 2.84 bits per heavy atom. The highest BCUT2D eigenvalue weighted by Gasteiger charge is 2.14. The highest BCUT2D eigenvalue weighted by Crippen LogP contribution is 2.32. The van der Waals surface area contributed by atoms with Crippen LogP contribution in [0.5, 0.6) is 5.75 Å². The molecule has 7 heteroatoms. The van der Waals surface area contributed by atoms with E-state index in [0.717, 1.165) is 0 Å². The molecular formula is C18H14ClFN4O. The lowest BCUT2D eigenvalue weighted by atomic mass is 9.96. The predicted molar refractivity (Wildman–Crippen MR) is 94.4 cm³/mol. The molecule has 126 valence electrons. The van der Waals surface area contributed by atoms with Crippen molar-refractivity contribution in [3.8, 4) is 11.8 Å². The van der Waals surface area contributed by atoms with Crippen molar-refractivity contribution < 1.29 is 9.13 Å². The molecule has 0 bridgehead atoms. The minimum Gasteiger partial charge on any atom is -0.496 e. The van der Waals surface area contributed by atoms with Gasteiger partial charge in [-0.3, -0.25) is 0 Å². The Balaban J connectivity index is 1.95. The third-order valence-corrected chi connectivity index (χ3v) is 4.06. The maximum absolute atomic E-state index is 14.5. The van der Waals surface area contributed by atoms with E-state index < -0.39 is 0 Å². The molecule has 0 saturated heterocycles. The fraction of sp³-hybridized carbons (Fsp3) is 0.167. The number of nitrogens with zero attached hydrogens (tertiary/aromatic N) is 3. The van der Waals surface area contributed by atoms with Gasteiger partial charge in [-0.25, -0.2) is 14.4 Å². The van der Waals surface area contributed by atoms with Crippen LogP contribution in [0.25, 0.3) is 10.8 Å². The van der Waals surface area contributed by atoms with Crippen molar-refractivity contribution in [2.45, 2.75) is 6.42 Å². The number of nitrogens with one attached hydrogen (secondary N) is 1. The highest BCUT2D eigenvalue weighted by molar-refractivity contribution is 6.29. The second-order valence-corrected chi connectivity index (χ2v) is 5.67. The highest BCUT2D eigenvalue weighted by atomic mass is 35.5. The van der Waals surface area contributed by atoms with Gasteiger partial charge in [0.15, 0.2) is 0 Å². The molecule has 0 radical (unpaired) electrons. The zero-order valence-corrected chi connectivity index (χ0v) is 14.1. The lowest BCUT2D eigenvalue weighted by Crippen LogP contribution is -2.08. The molecule has 0 aliphatic carbocycles. The summed E-state index contributed by atoms with van der Waals surface area (Å²) >= 11 is 5.82. The number of ether oxygens (including phenoxy) is 1. The van der Waals surface area contributed by atoms with Gasteiger partial charge in [0, 0.05) is 23.4 Å². The van der Waals surface area contributed by atoms with E-state index in [0.29, 0.717) is 51.6 Å². The Labute approximate surface area is 149 Å². The van der Waals surface area contributed by atoms with Crippen molar-refractivity contribution in [1.82, 2.24) is 9.97 Å². The zero-order valence-electron chi connectivity index (χ0n) is 13.4. The summed E-state index contributed by atoms with van der Waals surface area (Å²) in [6.07, 6.45) is 1.79. The molecule has 0 atom stereocenters. The number of aromatic nitrogens is 2. The zero-order chi connectivity index (χ0) is 17.8. The van der Waals surface area contributed by atoms with E-state index in [-0.39, 0.29) is 5.82 Å². The molecule has 0 unspecified atom stereocenters. The number of nitriles is 1. The summed E-state index contributed by atoms with van der Waals surface area (Å²) in [5.74, 6) is 0.752. The fourth-order valence-corrected chi connectivity index (χ4v) is 2.88.